The van der Waals surface area contributed by atoms with E-state index < -0.39 is 0 Å². The summed E-state index contributed by atoms with van der Waals surface area (Å²) in [7, 11) is 0. The number of aromatic nitrogens is 1. The molecule has 0 spiro atoms. The quantitative estimate of drug-likeness (QED) is 0.614. The standard InChI is InChI=1S/C12H8N2O2/c15-8-14-12-7-13-5-4-11(12)9-2-1-3-10(16)6-9/h1-7,16H. The number of pyridine rings is 1. The van der Waals surface area contributed by atoms with E-state index in [2.05, 4.69) is 9.98 Å². The summed E-state index contributed by atoms with van der Waals surface area (Å²) in [6.45, 7) is 0. The van der Waals surface area contributed by atoms with Gasteiger partial charge in [-0.25, -0.2) is 4.79 Å². The van der Waals surface area contributed by atoms with E-state index in [0.29, 0.717) is 5.69 Å². The van der Waals surface area contributed by atoms with E-state index >= 15 is 0 Å². The van der Waals surface area contributed by atoms with Crippen LogP contribution in [0.15, 0.2) is 47.7 Å². The number of hydrogen-bond acceptors (Lipinski definition) is 4. The van der Waals surface area contributed by atoms with Crippen molar-refractivity contribution >= 4 is 11.8 Å². The van der Waals surface area contributed by atoms with Gasteiger partial charge < -0.3 is 5.11 Å². The Morgan fingerprint density at radius 1 is 1.31 bits per heavy atom. The first-order valence-electron chi connectivity index (χ1n) is 4.62. The summed E-state index contributed by atoms with van der Waals surface area (Å²) < 4.78 is 0. The molecule has 16 heavy (non-hydrogen) atoms. The first kappa shape index (κ1) is 10.1. The van der Waals surface area contributed by atoms with Crippen LogP contribution in [0.5, 0.6) is 5.75 Å². The highest BCUT2D eigenvalue weighted by Crippen LogP contribution is 2.30. The van der Waals surface area contributed by atoms with Crippen molar-refractivity contribution in [2.75, 3.05) is 0 Å². The van der Waals surface area contributed by atoms with E-state index in [1.54, 1.807) is 30.5 Å². The molecule has 0 aliphatic carbocycles. The SMILES string of the molecule is O=C=Nc1cnccc1-c1cccc(O)c1. The Kier molecular flexibility index (Phi) is 2.76. The van der Waals surface area contributed by atoms with Crippen LogP contribution in [-0.4, -0.2) is 16.2 Å². The van der Waals surface area contributed by atoms with E-state index in [0.717, 1.165) is 11.1 Å². The van der Waals surface area contributed by atoms with Crippen LogP contribution < -0.4 is 0 Å². The molecule has 0 aliphatic heterocycles. The van der Waals surface area contributed by atoms with Crippen molar-refractivity contribution in [1.29, 1.82) is 0 Å². The van der Waals surface area contributed by atoms with E-state index in [4.69, 9.17) is 0 Å². The molecule has 0 saturated heterocycles. The third-order valence-corrected chi connectivity index (χ3v) is 2.12. The summed E-state index contributed by atoms with van der Waals surface area (Å²) in [5.41, 5.74) is 1.94. The zero-order valence-electron chi connectivity index (χ0n) is 8.29. The fourth-order valence-corrected chi connectivity index (χ4v) is 1.44. The van der Waals surface area contributed by atoms with Crippen molar-refractivity contribution in [3.05, 3.63) is 42.7 Å². The van der Waals surface area contributed by atoms with E-state index in [-0.39, 0.29) is 5.75 Å². The molecule has 1 heterocycles. The Morgan fingerprint density at radius 2 is 2.19 bits per heavy atom. The zero-order chi connectivity index (χ0) is 11.4. The summed E-state index contributed by atoms with van der Waals surface area (Å²) in [6, 6.07) is 8.44. The van der Waals surface area contributed by atoms with Gasteiger partial charge in [0.25, 0.3) is 0 Å². The van der Waals surface area contributed by atoms with Gasteiger partial charge in [-0.3, -0.25) is 4.98 Å². The van der Waals surface area contributed by atoms with E-state index in [1.807, 2.05) is 6.07 Å². The molecule has 2 rings (SSSR count). The second-order valence-electron chi connectivity index (χ2n) is 3.15. The molecule has 1 N–H and O–H groups in total. The predicted molar refractivity (Wildman–Crippen MR) is 59.1 cm³/mol. The van der Waals surface area contributed by atoms with Gasteiger partial charge in [-0.05, 0) is 23.8 Å². The minimum Gasteiger partial charge on any atom is -0.508 e. The van der Waals surface area contributed by atoms with Crippen molar-refractivity contribution in [2.24, 2.45) is 4.99 Å². The molecule has 0 atom stereocenters. The number of carbonyl (C=O) groups excluding carboxylic acids is 1. The lowest BCUT2D eigenvalue weighted by Crippen LogP contribution is -1.80. The number of rotatable bonds is 2. The molecule has 1 aromatic carbocycles. The highest BCUT2D eigenvalue weighted by atomic mass is 16.3. The van der Waals surface area contributed by atoms with Crippen LogP contribution in [-0.2, 0) is 4.79 Å². The molecule has 0 amide bonds. The number of nitrogens with zero attached hydrogens (tertiary/aromatic N) is 2. The van der Waals surface area contributed by atoms with Crippen LogP contribution in [0.3, 0.4) is 0 Å². The average molecular weight is 212 g/mol. The van der Waals surface area contributed by atoms with Gasteiger partial charge in [0.1, 0.15) is 11.4 Å². The van der Waals surface area contributed by atoms with Gasteiger partial charge in [0, 0.05) is 11.8 Å². The maximum atomic E-state index is 10.3. The van der Waals surface area contributed by atoms with Crippen molar-refractivity contribution in [3.63, 3.8) is 0 Å². The van der Waals surface area contributed by atoms with Crippen molar-refractivity contribution < 1.29 is 9.90 Å². The van der Waals surface area contributed by atoms with E-state index in [1.165, 1.54) is 12.3 Å². The molecule has 2 aromatic rings. The summed E-state index contributed by atoms with van der Waals surface area (Å²) >= 11 is 0. The fourth-order valence-electron chi connectivity index (χ4n) is 1.44. The summed E-state index contributed by atoms with van der Waals surface area (Å²) in [5.74, 6) is 0.162. The first-order chi connectivity index (χ1) is 7.81. The van der Waals surface area contributed by atoms with Crippen LogP contribution in [0.25, 0.3) is 11.1 Å². The topological polar surface area (TPSA) is 62.5 Å². The molecule has 4 heteroatoms. The van der Waals surface area contributed by atoms with Gasteiger partial charge >= 0.3 is 0 Å². The Labute approximate surface area is 91.9 Å². The number of isocyanates is 1. The Hall–Kier alpha value is -2.45. The zero-order valence-corrected chi connectivity index (χ0v) is 8.29. The average Bonchev–Trinajstić information content (AvgIpc) is 2.30. The second-order valence-corrected chi connectivity index (χ2v) is 3.15. The lowest BCUT2D eigenvalue weighted by molar-refractivity contribution is 0.475. The number of phenols is 1. The van der Waals surface area contributed by atoms with Crippen molar-refractivity contribution in [2.45, 2.75) is 0 Å². The lowest BCUT2D eigenvalue weighted by atomic mass is 10.1. The van der Waals surface area contributed by atoms with Crippen LogP contribution in [0.2, 0.25) is 0 Å². The van der Waals surface area contributed by atoms with Gasteiger partial charge in [0.2, 0.25) is 6.08 Å². The number of aliphatic imine (C=N–C) groups is 1. The van der Waals surface area contributed by atoms with Gasteiger partial charge in [0.15, 0.2) is 0 Å². The highest BCUT2D eigenvalue weighted by Gasteiger charge is 2.04. The normalized spacial score (nSPS) is 9.50. The molecule has 0 fully saturated rings. The predicted octanol–water partition coefficient (Wildman–Crippen LogP) is 2.42. The maximum absolute atomic E-state index is 10.3. The van der Waals surface area contributed by atoms with Crippen molar-refractivity contribution in [1.82, 2.24) is 4.98 Å². The maximum Gasteiger partial charge on any atom is 0.240 e. The smallest absolute Gasteiger partial charge is 0.240 e. The molecule has 0 unspecified atom stereocenters. The number of hydrogen-bond donors (Lipinski definition) is 1. The minimum absolute atomic E-state index is 0.162. The Bertz CT molecular complexity index is 560. The van der Waals surface area contributed by atoms with Crippen molar-refractivity contribution in [3.8, 4) is 16.9 Å². The fraction of sp³-hybridized carbons (Fsp3) is 0. The van der Waals surface area contributed by atoms with Crippen LogP contribution in [0, 0.1) is 0 Å². The number of benzene rings is 1. The molecule has 4 nitrogen and oxygen atoms in total. The summed E-state index contributed by atoms with van der Waals surface area (Å²) in [6.07, 6.45) is 4.56. The monoisotopic (exact) mass is 212 g/mol. The second kappa shape index (κ2) is 4.38. The molecule has 0 saturated carbocycles. The lowest BCUT2D eigenvalue weighted by Gasteiger charge is -2.04. The highest BCUT2D eigenvalue weighted by molar-refractivity contribution is 5.77. The van der Waals surface area contributed by atoms with Crippen LogP contribution in [0.1, 0.15) is 0 Å². The Morgan fingerprint density at radius 3 is 2.94 bits per heavy atom. The summed E-state index contributed by atoms with van der Waals surface area (Å²) in [5, 5.41) is 9.37. The van der Waals surface area contributed by atoms with Crippen LogP contribution >= 0.6 is 0 Å². The van der Waals surface area contributed by atoms with Gasteiger partial charge in [-0.15, -0.1) is 0 Å². The third kappa shape index (κ3) is 1.97. The van der Waals surface area contributed by atoms with E-state index in [9.17, 15) is 9.90 Å². The minimum atomic E-state index is 0.162. The molecule has 0 bridgehead atoms. The molecule has 1 aromatic heterocycles. The molecular formula is C12H8N2O2. The van der Waals surface area contributed by atoms with Gasteiger partial charge in [0.05, 0.1) is 6.20 Å². The molecule has 78 valence electrons. The van der Waals surface area contributed by atoms with Gasteiger partial charge in [-0.1, -0.05) is 12.1 Å². The molecular weight excluding hydrogens is 204 g/mol. The van der Waals surface area contributed by atoms with Crippen LogP contribution in [0.4, 0.5) is 5.69 Å². The first-order valence-corrected chi connectivity index (χ1v) is 4.62. The van der Waals surface area contributed by atoms with Gasteiger partial charge in [-0.2, -0.15) is 4.99 Å². The largest absolute Gasteiger partial charge is 0.508 e. The molecule has 0 radical (unpaired) electrons. The number of aromatic hydroxyl groups is 1. The molecule has 0 aliphatic rings. The summed E-state index contributed by atoms with van der Waals surface area (Å²) in [4.78, 5) is 17.7. The number of phenolic OH excluding ortho intramolecular Hbond substituents is 1. The third-order valence-electron chi connectivity index (χ3n) is 2.12. The Balaban J connectivity index is 2.59.